The topological polar surface area (TPSA) is 74.7 Å². The first-order chi connectivity index (χ1) is 8.52. The van der Waals surface area contributed by atoms with Crippen LogP contribution < -0.4 is 0 Å². The monoisotopic (exact) mass is 317 g/mol. The molecule has 0 unspecified atom stereocenters. The molecule has 1 rings (SSSR count). The Morgan fingerprint density at radius 2 is 2.00 bits per heavy atom. The van der Waals surface area contributed by atoms with Gasteiger partial charge in [0, 0.05) is 4.88 Å². The predicted molar refractivity (Wildman–Crippen MR) is 61.5 cm³/mol. The van der Waals surface area contributed by atoms with E-state index in [2.05, 4.69) is 0 Å². The fourth-order valence-corrected chi connectivity index (χ4v) is 4.07. The van der Waals surface area contributed by atoms with Crippen molar-refractivity contribution in [1.29, 1.82) is 0 Å². The van der Waals surface area contributed by atoms with E-state index in [1.165, 1.54) is 6.07 Å². The van der Waals surface area contributed by atoms with Crippen molar-refractivity contribution in [1.82, 2.24) is 4.31 Å². The number of sulfonamides is 1. The molecule has 0 aliphatic heterocycles. The van der Waals surface area contributed by atoms with Crippen LogP contribution in [0.25, 0.3) is 0 Å². The van der Waals surface area contributed by atoms with Crippen molar-refractivity contribution >= 4 is 27.3 Å². The van der Waals surface area contributed by atoms with Gasteiger partial charge < -0.3 is 5.11 Å². The Morgan fingerprint density at radius 3 is 2.37 bits per heavy atom. The molecule has 0 atom stereocenters. The molecule has 0 aliphatic carbocycles. The lowest BCUT2D eigenvalue weighted by atomic mass is 10.5. The summed E-state index contributed by atoms with van der Waals surface area (Å²) in [6, 6.07) is 2.59. The maximum atomic E-state index is 12.3. The maximum Gasteiger partial charge on any atom is 0.402 e. The number of hydrogen-bond donors (Lipinski definition) is 1. The highest BCUT2D eigenvalue weighted by Gasteiger charge is 2.38. The Hall–Kier alpha value is -1.13. The minimum absolute atomic E-state index is 0.0966. The molecule has 0 spiro atoms. The second-order valence-electron chi connectivity index (χ2n) is 3.65. The molecule has 0 aliphatic rings. The molecule has 0 aromatic carbocycles. The van der Waals surface area contributed by atoms with Gasteiger partial charge in [-0.25, -0.2) is 8.42 Å². The number of halogens is 3. The van der Waals surface area contributed by atoms with Crippen LogP contribution in [-0.2, 0) is 14.8 Å². The number of alkyl halides is 3. The van der Waals surface area contributed by atoms with Gasteiger partial charge in [0.05, 0.1) is 0 Å². The fourth-order valence-electron chi connectivity index (χ4n) is 1.25. The summed E-state index contributed by atoms with van der Waals surface area (Å²) in [6.07, 6.45) is -4.81. The summed E-state index contributed by atoms with van der Waals surface area (Å²) in [4.78, 5) is 11.1. The number of nitrogens with zero attached hydrogens (tertiary/aromatic N) is 1. The molecule has 1 N–H and O–H groups in total. The third kappa shape index (κ3) is 4.48. The number of carboxylic acids is 1. The highest BCUT2D eigenvalue weighted by Crippen LogP contribution is 2.27. The molecule has 0 amide bonds. The first kappa shape index (κ1) is 15.9. The lowest BCUT2D eigenvalue weighted by Gasteiger charge is -2.20. The standard InChI is InChI=1S/C9H10F3NO4S2/c1-6-2-3-8(18-6)19(16,17)13(4-7(14)15)5-9(10,11)12/h2-3H,4-5H2,1H3,(H,14,15). The molecule has 10 heteroatoms. The first-order valence-electron chi connectivity index (χ1n) is 4.87. The number of thiophene rings is 1. The summed E-state index contributed by atoms with van der Waals surface area (Å²) in [5, 5.41) is 8.53. The van der Waals surface area contributed by atoms with Gasteiger partial charge >= 0.3 is 12.1 Å². The molecule has 0 bridgehead atoms. The van der Waals surface area contributed by atoms with Crippen molar-refractivity contribution in [2.45, 2.75) is 17.3 Å². The third-order valence-corrected chi connectivity index (χ3v) is 5.24. The summed E-state index contributed by atoms with van der Waals surface area (Å²) in [5.41, 5.74) is 0. The van der Waals surface area contributed by atoms with Crippen LogP contribution in [-0.4, -0.2) is 43.1 Å². The van der Waals surface area contributed by atoms with Gasteiger partial charge in [-0.1, -0.05) is 0 Å². The van der Waals surface area contributed by atoms with E-state index in [0.29, 0.717) is 4.88 Å². The zero-order chi connectivity index (χ0) is 14.8. The average Bonchev–Trinajstić information content (AvgIpc) is 2.61. The number of carbonyl (C=O) groups is 1. The normalized spacial score (nSPS) is 12.9. The van der Waals surface area contributed by atoms with E-state index >= 15 is 0 Å². The van der Waals surface area contributed by atoms with Crippen LogP contribution in [0.1, 0.15) is 4.88 Å². The van der Waals surface area contributed by atoms with Crippen LogP contribution in [0, 0.1) is 6.92 Å². The van der Waals surface area contributed by atoms with E-state index < -0.39 is 35.3 Å². The molecule has 1 aromatic heterocycles. The number of hydrogen-bond acceptors (Lipinski definition) is 4. The summed E-state index contributed by atoms with van der Waals surface area (Å²) in [6.45, 7) is -1.48. The Labute approximate surface area is 111 Å². The van der Waals surface area contributed by atoms with Crippen LogP contribution in [0.3, 0.4) is 0 Å². The van der Waals surface area contributed by atoms with Crippen molar-refractivity contribution in [3.05, 3.63) is 17.0 Å². The van der Waals surface area contributed by atoms with E-state index in [1.807, 2.05) is 0 Å². The second-order valence-corrected chi connectivity index (χ2v) is 7.10. The summed E-state index contributed by atoms with van der Waals surface area (Å²) < 4.78 is 60.4. The number of carboxylic acid groups (broad SMARTS) is 1. The van der Waals surface area contributed by atoms with Crippen LogP contribution in [0.2, 0.25) is 0 Å². The Balaban J connectivity index is 3.12. The SMILES string of the molecule is Cc1ccc(S(=O)(=O)N(CC(=O)O)CC(F)(F)F)s1. The molecule has 0 radical (unpaired) electrons. The molecule has 0 saturated heterocycles. The Kier molecular flexibility index (Phi) is 4.59. The molecular formula is C9H10F3NO4S2. The summed E-state index contributed by atoms with van der Waals surface area (Å²) in [5.74, 6) is -1.65. The van der Waals surface area contributed by atoms with Gasteiger partial charge in [0.15, 0.2) is 0 Å². The highest BCUT2D eigenvalue weighted by molar-refractivity contribution is 7.91. The number of rotatable bonds is 5. The van der Waals surface area contributed by atoms with Gasteiger partial charge in [0.25, 0.3) is 10.0 Å². The molecular weight excluding hydrogens is 307 g/mol. The van der Waals surface area contributed by atoms with Crippen molar-refractivity contribution in [3.63, 3.8) is 0 Å². The van der Waals surface area contributed by atoms with Gasteiger partial charge in [-0.2, -0.15) is 17.5 Å². The smallest absolute Gasteiger partial charge is 0.402 e. The van der Waals surface area contributed by atoms with Crippen molar-refractivity contribution in [2.75, 3.05) is 13.1 Å². The molecule has 108 valence electrons. The molecule has 0 saturated carbocycles. The van der Waals surface area contributed by atoms with E-state index in [-0.39, 0.29) is 8.51 Å². The lowest BCUT2D eigenvalue weighted by Crippen LogP contribution is -2.41. The van der Waals surface area contributed by atoms with Crippen molar-refractivity contribution in [2.24, 2.45) is 0 Å². The maximum absolute atomic E-state index is 12.3. The molecule has 1 aromatic rings. The highest BCUT2D eigenvalue weighted by atomic mass is 32.2. The summed E-state index contributed by atoms with van der Waals surface area (Å²) in [7, 11) is -4.46. The van der Waals surface area contributed by atoms with Crippen molar-refractivity contribution in [3.8, 4) is 0 Å². The van der Waals surface area contributed by atoms with Crippen LogP contribution >= 0.6 is 11.3 Å². The van der Waals surface area contributed by atoms with Crippen LogP contribution in [0.4, 0.5) is 13.2 Å². The molecule has 0 fully saturated rings. The molecule has 1 heterocycles. The lowest BCUT2D eigenvalue weighted by molar-refractivity contribution is -0.145. The predicted octanol–water partition coefficient (Wildman–Crippen LogP) is 1.69. The minimum atomic E-state index is -4.81. The zero-order valence-electron chi connectivity index (χ0n) is 9.64. The van der Waals surface area contributed by atoms with E-state index in [1.54, 1.807) is 6.92 Å². The Bertz CT molecular complexity index is 564. The Morgan fingerprint density at radius 1 is 1.42 bits per heavy atom. The molecule has 19 heavy (non-hydrogen) atoms. The van der Waals surface area contributed by atoms with E-state index in [4.69, 9.17) is 5.11 Å². The van der Waals surface area contributed by atoms with E-state index in [0.717, 1.165) is 17.4 Å². The number of aryl methyl sites for hydroxylation is 1. The van der Waals surface area contributed by atoms with E-state index in [9.17, 15) is 26.4 Å². The number of aliphatic carboxylic acids is 1. The quantitative estimate of drug-likeness (QED) is 0.897. The van der Waals surface area contributed by atoms with Gasteiger partial charge in [0.1, 0.15) is 17.3 Å². The van der Waals surface area contributed by atoms with Crippen LogP contribution in [0.5, 0.6) is 0 Å². The third-order valence-electron chi connectivity index (χ3n) is 1.98. The van der Waals surface area contributed by atoms with Gasteiger partial charge in [-0.3, -0.25) is 4.79 Å². The first-order valence-corrected chi connectivity index (χ1v) is 7.13. The molecule has 5 nitrogen and oxygen atoms in total. The zero-order valence-corrected chi connectivity index (χ0v) is 11.3. The summed E-state index contributed by atoms with van der Waals surface area (Å²) >= 11 is 0.786. The average molecular weight is 317 g/mol. The van der Waals surface area contributed by atoms with Gasteiger partial charge in [0.2, 0.25) is 0 Å². The minimum Gasteiger partial charge on any atom is -0.480 e. The van der Waals surface area contributed by atoms with Crippen LogP contribution in [0.15, 0.2) is 16.3 Å². The van der Waals surface area contributed by atoms with Crippen molar-refractivity contribution < 1.29 is 31.5 Å². The largest absolute Gasteiger partial charge is 0.480 e. The van der Waals surface area contributed by atoms with Gasteiger partial charge in [-0.15, -0.1) is 11.3 Å². The van der Waals surface area contributed by atoms with Gasteiger partial charge in [-0.05, 0) is 19.1 Å². The second kappa shape index (κ2) is 5.47. The fraction of sp³-hybridized carbons (Fsp3) is 0.444.